The third kappa shape index (κ3) is 3.83. The summed E-state index contributed by atoms with van der Waals surface area (Å²) in [6, 6.07) is 5.75. The smallest absolute Gasteiger partial charge is 0.221 e. The van der Waals surface area contributed by atoms with Gasteiger partial charge < -0.3 is 11.1 Å². The molecule has 0 heterocycles. The number of halogens is 1. The maximum atomic E-state index is 11.1. The van der Waals surface area contributed by atoms with E-state index in [0.717, 1.165) is 18.4 Å². The molecule has 88 valence electrons. The van der Waals surface area contributed by atoms with Gasteiger partial charge in [-0.3, -0.25) is 4.79 Å². The summed E-state index contributed by atoms with van der Waals surface area (Å²) in [5.41, 5.74) is 7.44. The average Bonchev–Trinajstić information content (AvgIpc) is 2.18. The van der Waals surface area contributed by atoms with Crippen LogP contribution in [0.15, 0.2) is 18.2 Å². The highest BCUT2D eigenvalue weighted by Gasteiger charge is 2.08. The van der Waals surface area contributed by atoms with Crippen LogP contribution in [0.2, 0.25) is 5.02 Å². The van der Waals surface area contributed by atoms with Crippen LogP contribution in [0, 0.1) is 0 Å². The molecule has 1 aromatic carbocycles. The van der Waals surface area contributed by atoms with E-state index in [1.54, 1.807) is 6.07 Å². The average molecular weight is 241 g/mol. The lowest BCUT2D eigenvalue weighted by Gasteiger charge is -2.12. The minimum atomic E-state index is -0.116. The molecule has 0 radical (unpaired) electrons. The summed E-state index contributed by atoms with van der Waals surface area (Å²) >= 11 is 6.04. The number of rotatable bonds is 4. The van der Waals surface area contributed by atoms with Crippen molar-refractivity contribution in [1.82, 2.24) is 0 Å². The Bertz CT molecular complexity index is 377. The van der Waals surface area contributed by atoms with Gasteiger partial charge in [-0.1, -0.05) is 23.7 Å². The van der Waals surface area contributed by atoms with Crippen molar-refractivity contribution in [3.63, 3.8) is 0 Å². The van der Waals surface area contributed by atoms with E-state index in [4.69, 9.17) is 17.3 Å². The van der Waals surface area contributed by atoms with Gasteiger partial charge in [0.15, 0.2) is 0 Å². The van der Waals surface area contributed by atoms with Gasteiger partial charge in [-0.2, -0.15) is 0 Å². The fourth-order valence-corrected chi connectivity index (χ4v) is 1.72. The fourth-order valence-electron chi connectivity index (χ4n) is 1.48. The third-order valence-electron chi connectivity index (χ3n) is 2.27. The van der Waals surface area contributed by atoms with Gasteiger partial charge in [0.05, 0.1) is 10.7 Å². The van der Waals surface area contributed by atoms with Gasteiger partial charge in [0, 0.05) is 13.0 Å². The molecule has 4 heteroatoms. The van der Waals surface area contributed by atoms with Crippen molar-refractivity contribution in [1.29, 1.82) is 0 Å². The lowest BCUT2D eigenvalue weighted by Crippen LogP contribution is -2.16. The van der Waals surface area contributed by atoms with Crippen LogP contribution in [0.5, 0.6) is 0 Å². The maximum Gasteiger partial charge on any atom is 0.221 e. The van der Waals surface area contributed by atoms with Crippen molar-refractivity contribution in [3.05, 3.63) is 28.8 Å². The number of nitrogens with two attached hydrogens (primary N) is 1. The first-order chi connectivity index (χ1) is 7.50. The zero-order valence-corrected chi connectivity index (χ0v) is 10.3. The molecule has 0 aliphatic carbocycles. The number of nitrogens with one attached hydrogen (secondary N) is 1. The molecule has 0 fully saturated rings. The molecule has 0 aromatic heterocycles. The summed E-state index contributed by atoms with van der Waals surface area (Å²) in [6.07, 6.45) is 1.68. The van der Waals surface area contributed by atoms with Gasteiger partial charge in [-0.05, 0) is 31.4 Å². The lowest BCUT2D eigenvalue weighted by molar-refractivity contribution is -0.114. The van der Waals surface area contributed by atoms with Crippen LogP contribution in [0.25, 0.3) is 0 Å². The Balaban J connectivity index is 2.89. The van der Waals surface area contributed by atoms with Crippen molar-refractivity contribution < 1.29 is 4.79 Å². The molecule has 0 saturated carbocycles. The minimum Gasteiger partial charge on any atom is -0.328 e. The Hall–Kier alpha value is -1.06. The number of carbonyl (C=O) groups excluding carboxylic acids is 1. The first-order valence-corrected chi connectivity index (χ1v) is 5.69. The van der Waals surface area contributed by atoms with Crippen LogP contribution >= 0.6 is 11.6 Å². The lowest BCUT2D eigenvalue weighted by atomic mass is 10.0. The largest absolute Gasteiger partial charge is 0.328 e. The van der Waals surface area contributed by atoms with Gasteiger partial charge in [0.2, 0.25) is 5.91 Å². The van der Waals surface area contributed by atoms with Crippen LogP contribution in [0.4, 0.5) is 5.69 Å². The van der Waals surface area contributed by atoms with Crippen molar-refractivity contribution in [2.24, 2.45) is 5.73 Å². The SMILES string of the molecule is CC(=O)Nc1c(Cl)cccc1CCC(C)N. The quantitative estimate of drug-likeness (QED) is 0.850. The first kappa shape index (κ1) is 13.0. The summed E-state index contributed by atoms with van der Waals surface area (Å²) < 4.78 is 0. The summed E-state index contributed by atoms with van der Waals surface area (Å²) in [5, 5.41) is 3.32. The first-order valence-electron chi connectivity index (χ1n) is 5.31. The van der Waals surface area contributed by atoms with E-state index in [2.05, 4.69) is 5.32 Å². The molecule has 1 unspecified atom stereocenters. The Labute approximate surface area is 101 Å². The van der Waals surface area contributed by atoms with Gasteiger partial charge in [0.1, 0.15) is 0 Å². The zero-order valence-electron chi connectivity index (χ0n) is 9.59. The number of hydrogen-bond donors (Lipinski definition) is 2. The van der Waals surface area contributed by atoms with Crippen LogP contribution < -0.4 is 11.1 Å². The standard InChI is InChI=1S/C12H17ClN2O/c1-8(14)6-7-10-4-3-5-11(13)12(10)15-9(2)16/h3-5,8H,6-7,14H2,1-2H3,(H,15,16). The molecular formula is C12H17ClN2O. The second-order valence-corrected chi connectivity index (χ2v) is 4.38. The third-order valence-corrected chi connectivity index (χ3v) is 2.58. The molecule has 1 rings (SSSR count). The van der Waals surface area contributed by atoms with Crippen LogP contribution in [0.1, 0.15) is 25.8 Å². The van der Waals surface area contributed by atoms with E-state index < -0.39 is 0 Å². The van der Waals surface area contributed by atoms with Crippen LogP contribution in [-0.2, 0) is 11.2 Å². The van der Waals surface area contributed by atoms with Crippen molar-refractivity contribution in [2.75, 3.05) is 5.32 Å². The molecule has 0 bridgehead atoms. The number of hydrogen-bond acceptors (Lipinski definition) is 2. The molecule has 1 atom stereocenters. The molecule has 1 aromatic rings. The molecule has 3 N–H and O–H groups in total. The van der Waals surface area contributed by atoms with E-state index in [-0.39, 0.29) is 11.9 Å². The van der Waals surface area contributed by atoms with Gasteiger partial charge >= 0.3 is 0 Å². The predicted molar refractivity (Wildman–Crippen MR) is 67.7 cm³/mol. The highest BCUT2D eigenvalue weighted by atomic mass is 35.5. The molecule has 16 heavy (non-hydrogen) atoms. The highest BCUT2D eigenvalue weighted by Crippen LogP contribution is 2.27. The molecule has 0 saturated heterocycles. The van der Waals surface area contributed by atoms with Gasteiger partial charge in [0.25, 0.3) is 0 Å². The summed E-state index contributed by atoms with van der Waals surface area (Å²) in [6.45, 7) is 3.43. The molecule has 0 spiro atoms. The number of anilines is 1. The molecule has 3 nitrogen and oxygen atoms in total. The summed E-state index contributed by atoms with van der Waals surface area (Å²) in [7, 11) is 0. The van der Waals surface area contributed by atoms with E-state index in [0.29, 0.717) is 10.7 Å². The van der Waals surface area contributed by atoms with E-state index in [9.17, 15) is 4.79 Å². The fraction of sp³-hybridized carbons (Fsp3) is 0.417. The van der Waals surface area contributed by atoms with Gasteiger partial charge in [-0.15, -0.1) is 0 Å². The highest BCUT2D eigenvalue weighted by molar-refractivity contribution is 6.33. The minimum absolute atomic E-state index is 0.116. The second-order valence-electron chi connectivity index (χ2n) is 3.97. The topological polar surface area (TPSA) is 55.1 Å². The number of amides is 1. The molecule has 1 amide bonds. The maximum absolute atomic E-state index is 11.1. The molecular weight excluding hydrogens is 224 g/mol. The number of carbonyl (C=O) groups is 1. The van der Waals surface area contributed by atoms with E-state index in [1.807, 2.05) is 19.1 Å². The Morgan fingerprint density at radius 2 is 2.25 bits per heavy atom. The number of aryl methyl sites for hydroxylation is 1. The normalized spacial score (nSPS) is 12.2. The van der Waals surface area contributed by atoms with Crippen molar-refractivity contribution in [3.8, 4) is 0 Å². The Morgan fingerprint density at radius 1 is 1.56 bits per heavy atom. The predicted octanol–water partition coefficient (Wildman–Crippen LogP) is 2.58. The number of para-hydroxylation sites is 1. The number of benzene rings is 1. The van der Waals surface area contributed by atoms with Gasteiger partial charge in [-0.25, -0.2) is 0 Å². The van der Waals surface area contributed by atoms with Crippen molar-refractivity contribution >= 4 is 23.2 Å². The van der Waals surface area contributed by atoms with E-state index >= 15 is 0 Å². The zero-order chi connectivity index (χ0) is 12.1. The monoisotopic (exact) mass is 240 g/mol. The molecule has 0 aliphatic heterocycles. The van der Waals surface area contributed by atoms with Crippen molar-refractivity contribution in [2.45, 2.75) is 32.7 Å². The molecule has 0 aliphatic rings. The Kier molecular flexibility index (Phi) is 4.77. The Morgan fingerprint density at radius 3 is 2.81 bits per heavy atom. The van der Waals surface area contributed by atoms with E-state index in [1.165, 1.54) is 6.92 Å². The second kappa shape index (κ2) is 5.87. The van der Waals surface area contributed by atoms with Crippen LogP contribution in [-0.4, -0.2) is 11.9 Å². The van der Waals surface area contributed by atoms with Crippen LogP contribution in [0.3, 0.4) is 0 Å². The summed E-state index contributed by atoms with van der Waals surface area (Å²) in [5.74, 6) is -0.116. The summed E-state index contributed by atoms with van der Waals surface area (Å²) in [4.78, 5) is 11.1.